The molecule has 0 saturated carbocycles. The Morgan fingerprint density at radius 3 is 2.52 bits per heavy atom. The van der Waals surface area contributed by atoms with Crippen LogP contribution in [0.2, 0.25) is 0 Å². The molecule has 11 heteroatoms. The smallest absolute Gasteiger partial charge is 0.271 e. The molecule has 0 spiro atoms. The van der Waals surface area contributed by atoms with Gasteiger partial charge in [0.15, 0.2) is 0 Å². The molecule has 0 aliphatic heterocycles. The normalized spacial score (nSPS) is 11.1. The highest BCUT2D eigenvalue weighted by atomic mass is 32.2. The minimum absolute atomic E-state index is 0.0398. The lowest BCUT2D eigenvalue weighted by Gasteiger charge is -2.12. The third-order valence-electron chi connectivity index (χ3n) is 4.77. The van der Waals surface area contributed by atoms with Gasteiger partial charge in [0.05, 0.1) is 35.0 Å². The summed E-state index contributed by atoms with van der Waals surface area (Å²) in [4.78, 5) is 24.9. The number of hydrogen-bond donors (Lipinski definition) is 4. The van der Waals surface area contributed by atoms with Gasteiger partial charge in [-0.3, -0.25) is 30.3 Å². The maximum Gasteiger partial charge on any atom is 0.271 e. The highest BCUT2D eigenvalue weighted by Gasteiger charge is 2.19. The van der Waals surface area contributed by atoms with Crippen LogP contribution in [0.1, 0.15) is 20.7 Å². The van der Waals surface area contributed by atoms with Gasteiger partial charge in [0.25, 0.3) is 21.8 Å². The van der Waals surface area contributed by atoms with Crippen LogP contribution in [-0.4, -0.2) is 37.5 Å². The van der Waals surface area contributed by atoms with Gasteiger partial charge in [-0.05, 0) is 36.4 Å². The van der Waals surface area contributed by atoms with E-state index >= 15 is 0 Å². The molecule has 0 aliphatic carbocycles. The van der Waals surface area contributed by atoms with Crippen LogP contribution in [0, 0.1) is 0 Å². The Balaban J connectivity index is 1.48. The van der Waals surface area contributed by atoms with E-state index in [1.54, 1.807) is 48.7 Å². The summed E-state index contributed by atoms with van der Waals surface area (Å²) >= 11 is 0. The number of nitrogens with zero attached hydrogens (tertiary/aromatic N) is 1. The Bertz CT molecular complexity index is 1450. The summed E-state index contributed by atoms with van der Waals surface area (Å²) in [5.74, 6) is -0.890. The zero-order valence-electron chi connectivity index (χ0n) is 17.3. The first kappa shape index (κ1) is 21.8. The molecule has 0 radical (unpaired) electrons. The van der Waals surface area contributed by atoms with Crippen molar-refractivity contribution in [1.29, 1.82) is 0 Å². The molecule has 168 valence electrons. The number of sulfonamides is 1. The first-order valence-electron chi connectivity index (χ1n) is 9.68. The highest BCUT2D eigenvalue weighted by molar-refractivity contribution is 7.92. The van der Waals surface area contributed by atoms with E-state index in [9.17, 15) is 18.0 Å². The third-order valence-corrected chi connectivity index (χ3v) is 6.13. The van der Waals surface area contributed by atoms with Gasteiger partial charge in [-0.1, -0.05) is 30.3 Å². The van der Waals surface area contributed by atoms with Crippen LogP contribution in [0.25, 0.3) is 10.9 Å². The summed E-state index contributed by atoms with van der Waals surface area (Å²) in [6, 6.07) is 17.0. The van der Waals surface area contributed by atoms with E-state index in [0.717, 1.165) is 5.39 Å². The molecule has 1 heterocycles. The number of methoxy groups -OCH3 is 1. The molecule has 33 heavy (non-hydrogen) atoms. The predicted octanol–water partition coefficient (Wildman–Crippen LogP) is 2.45. The lowest BCUT2D eigenvalue weighted by atomic mass is 10.1. The maximum atomic E-state index is 12.8. The van der Waals surface area contributed by atoms with Gasteiger partial charge in [0.2, 0.25) is 0 Å². The molecule has 4 aromatic rings. The van der Waals surface area contributed by atoms with Crippen molar-refractivity contribution in [1.82, 2.24) is 21.0 Å². The minimum Gasteiger partial charge on any atom is -0.495 e. The monoisotopic (exact) mass is 465 g/mol. The molecule has 0 saturated heterocycles. The van der Waals surface area contributed by atoms with Gasteiger partial charge in [-0.2, -0.15) is 5.10 Å². The van der Waals surface area contributed by atoms with Gasteiger partial charge < -0.3 is 4.74 Å². The van der Waals surface area contributed by atoms with Gasteiger partial charge in [-0.25, -0.2) is 8.42 Å². The number of fused-ring (bicyclic) bond motifs is 1. The van der Waals surface area contributed by atoms with E-state index < -0.39 is 21.8 Å². The van der Waals surface area contributed by atoms with Gasteiger partial charge >= 0.3 is 0 Å². The number of anilines is 1. The zero-order chi connectivity index (χ0) is 23.4. The molecule has 10 nitrogen and oxygen atoms in total. The van der Waals surface area contributed by atoms with E-state index in [2.05, 4.69) is 25.8 Å². The second-order valence-electron chi connectivity index (χ2n) is 6.88. The topological polar surface area (TPSA) is 142 Å². The number of carbonyl (C=O) groups excluding carboxylic acids is 2. The SMILES string of the molecule is COc1ccccc1NS(=O)(=O)c1cccc(C(=O)NNC(=O)c2cccc3cn[nH]c23)c1. The molecule has 0 aliphatic rings. The molecular formula is C22H19N5O5S. The standard InChI is InChI=1S/C22H19N5O5S/c1-32-19-11-3-2-10-18(19)27-33(30,31)16-8-4-6-14(12-16)21(28)25-26-22(29)17-9-5-7-15-13-23-24-20(15)17/h2-13,27H,1H3,(H,23,24)(H,25,28)(H,26,29). The van der Waals surface area contributed by atoms with Crippen molar-refractivity contribution in [3.05, 3.63) is 84.1 Å². The molecule has 0 fully saturated rings. The molecule has 2 amide bonds. The summed E-state index contributed by atoms with van der Waals surface area (Å²) in [6.45, 7) is 0. The number of hydrazine groups is 1. The molecule has 0 atom stereocenters. The fourth-order valence-corrected chi connectivity index (χ4v) is 4.26. The van der Waals surface area contributed by atoms with E-state index in [0.29, 0.717) is 16.8 Å². The van der Waals surface area contributed by atoms with Crippen molar-refractivity contribution in [3.8, 4) is 5.75 Å². The number of aromatic nitrogens is 2. The van der Waals surface area contributed by atoms with E-state index in [-0.39, 0.29) is 16.1 Å². The second-order valence-corrected chi connectivity index (χ2v) is 8.56. The van der Waals surface area contributed by atoms with Crippen LogP contribution in [0.5, 0.6) is 5.75 Å². The van der Waals surface area contributed by atoms with E-state index in [4.69, 9.17) is 4.74 Å². The average Bonchev–Trinajstić information content (AvgIpc) is 3.31. The number of benzene rings is 3. The first-order chi connectivity index (χ1) is 15.9. The van der Waals surface area contributed by atoms with Crippen molar-refractivity contribution in [2.45, 2.75) is 4.90 Å². The number of amides is 2. The Morgan fingerprint density at radius 2 is 1.70 bits per heavy atom. The van der Waals surface area contributed by atoms with Crippen LogP contribution in [0.3, 0.4) is 0 Å². The summed E-state index contributed by atoms with van der Waals surface area (Å²) in [5.41, 5.74) is 5.74. The molecule has 4 rings (SSSR count). The van der Waals surface area contributed by atoms with Gasteiger partial charge in [-0.15, -0.1) is 0 Å². The fraction of sp³-hybridized carbons (Fsp3) is 0.0455. The number of carbonyl (C=O) groups is 2. The zero-order valence-corrected chi connectivity index (χ0v) is 18.1. The van der Waals surface area contributed by atoms with Crippen LogP contribution >= 0.6 is 0 Å². The second kappa shape index (κ2) is 9.01. The Labute approximate surface area is 189 Å². The van der Waals surface area contributed by atoms with Crippen LogP contribution in [0.4, 0.5) is 5.69 Å². The Hall–Kier alpha value is -4.38. The van der Waals surface area contributed by atoms with Crippen LogP contribution in [-0.2, 0) is 10.0 Å². The Kier molecular flexibility index (Phi) is 5.96. The summed E-state index contributed by atoms with van der Waals surface area (Å²) in [7, 11) is -2.57. The molecule has 4 N–H and O–H groups in total. The molecule has 3 aromatic carbocycles. The summed E-state index contributed by atoms with van der Waals surface area (Å²) < 4.78 is 33.2. The lowest BCUT2D eigenvalue weighted by molar-refractivity contribution is 0.0847. The van der Waals surface area contributed by atoms with Gasteiger partial charge in [0.1, 0.15) is 5.75 Å². The lowest BCUT2D eigenvalue weighted by Crippen LogP contribution is -2.41. The maximum absolute atomic E-state index is 12.8. The number of ether oxygens (including phenoxy) is 1. The number of rotatable bonds is 6. The van der Waals surface area contributed by atoms with Crippen LogP contribution in [0.15, 0.2) is 77.8 Å². The molecule has 0 bridgehead atoms. The number of hydrogen-bond acceptors (Lipinski definition) is 6. The number of H-pyrrole nitrogens is 1. The number of nitrogens with one attached hydrogen (secondary N) is 4. The highest BCUT2D eigenvalue weighted by Crippen LogP contribution is 2.26. The Morgan fingerprint density at radius 1 is 0.939 bits per heavy atom. The van der Waals surface area contributed by atoms with Crippen molar-refractivity contribution in [2.75, 3.05) is 11.8 Å². The fourth-order valence-electron chi connectivity index (χ4n) is 3.15. The van der Waals surface area contributed by atoms with Crippen molar-refractivity contribution in [3.63, 3.8) is 0 Å². The van der Waals surface area contributed by atoms with Crippen molar-refractivity contribution < 1.29 is 22.7 Å². The molecule has 1 aromatic heterocycles. The number of para-hydroxylation sites is 3. The number of aromatic amines is 1. The summed E-state index contributed by atoms with van der Waals surface area (Å²) in [5, 5.41) is 7.38. The van der Waals surface area contributed by atoms with Gasteiger partial charge in [0, 0.05) is 10.9 Å². The van der Waals surface area contributed by atoms with Crippen molar-refractivity contribution in [2.24, 2.45) is 0 Å². The summed E-state index contributed by atoms with van der Waals surface area (Å²) in [6.07, 6.45) is 1.58. The van der Waals surface area contributed by atoms with Crippen LogP contribution < -0.4 is 20.3 Å². The van der Waals surface area contributed by atoms with Crippen molar-refractivity contribution >= 4 is 38.4 Å². The predicted molar refractivity (Wildman–Crippen MR) is 121 cm³/mol. The average molecular weight is 465 g/mol. The van der Waals surface area contributed by atoms with E-state index in [1.807, 2.05) is 0 Å². The minimum atomic E-state index is -4.00. The molecular weight excluding hydrogens is 446 g/mol. The quantitative estimate of drug-likeness (QED) is 0.322. The first-order valence-corrected chi connectivity index (χ1v) is 11.2. The van der Waals surface area contributed by atoms with E-state index in [1.165, 1.54) is 31.4 Å². The largest absolute Gasteiger partial charge is 0.495 e. The third kappa shape index (κ3) is 4.62. The molecule has 0 unspecified atom stereocenters.